The minimum Gasteiger partial charge on any atom is -0.485 e. The van der Waals surface area contributed by atoms with Crippen LogP contribution in [0.2, 0.25) is 5.02 Å². The molecule has 2 bridgehead atoms. The Balaban J connectivity index is 1.14. The summed E-state index contributed by atoms with van der Waals surface area (Å²) in [7, 11) is 0. The van der Waals surface area contributed by atoms with E-state index in [9.17, 15) is 22.8 Å². The number of nitrogens with zero attached hydrogens (tertiary/aromatic N) is 2. The van der Waals surface area contributed by atoms with Crippen LogP contribution in [0.3, 0.4) is 0 Å². The summed E-state index contributed by atoms with van der Waals surface area (Å²) < 4.78 is 53.2. The fraction of sp³-hybridized carbons (Fsp3) is 0.500. The minimum atomic E-state index is -4.71. The summed E-state index contributed by atoms with van der Waals surface area (Å²) in [5.41, 5.74) is -0.283. The van der Waals surface area contributed by atoms with Crippen molar-refractivity contribution in [2.75, 3.05) is 6.61 Å². The predicted molar refractivity (Wildman–Crippen MR) is 112 cm³/mol. The van der Waals surface area contributed by atoms with Gasteiger partial charge in [0.15, 0.2) is 17.6 Å². The number of ketones is 1. The van der Waals surface area contributed by atoms with E-state index in [0.29, 0.717) is 41.3 Å². The number of benzene rings is 1. The molecule has 3 aliphatic carbocycles. The molecule has 0 radical (unpaired) electrons. The maximum Gasteiger partial charge on any atom is 0.522 e. The van der Waals surface area contributed by atoms with Gasteiger partial charge in [-0.1, -0.05) is 11.6 Å². The number of amides is 1. The topological polar surface area (TPSA) is 91.7 Å². The Morgan fingerprint density at radius 1 is 1.38 bits per heavy atom. The second-order valence-electron chi connectivity index (χ2n) is 9.20. The molecule has 1 aliphatic heterocycles. The molecule has 182 valence electrons. The third-order valence-corrected chi connectivity index (χ3v) is 6.66. The first-order valence-corrected chi connectivity index (χ1v) is 11.1. The first-order valence-electron chi connectivity index (χ1n) is 10.7. The third-order valence-electron chi connectivity index (χ3n) is 6.43. The van der Waals surface area contributed by atoms with E-state index < -0.39 is 25.2 Å². The van der Waals surface area contributed by atoms with Gasteiger partial charge in [0.05, 0.1) is 36.5 Å². The van der Waals surface area contributed by atoms with Gasteiger partial charge in [0.25, 0.3) is 5.91 Å². The number of aromatic nitrogens is 2. The molecule has 4 aliphatic rings. The van der Waals surface area contributed by atoms with E-state index >= 15 is 0 Å². The molecular formula is C22H21ClF3N3O5. The molecule has 0 unspecified atom stereocenters. The summed E-state index contributed by atoms with van der Waals surface area (Å²) in [6, 6.07) is 4.72. The van der Waals surface area contributed by atoms with Crippen LogP contribution >= 0.6 is 11.6 Å². The van der Waals surface area contributed by atoms with E-state index in [1.165, 1.54) is 19.2 Å². The Labute approximate surface area is 197 Å². The summed E-state index contributed by atoms with van der Waals surface area (Å²) in [6.07, 6.45) is -1.46. The zero-order chi connectivity index (χ0) is 24.3. The van der Waals surface area contributed by atoms with Gasteiger partial charge in [-0.3, -0.25) is 19.0 Å². The molecule has 12 heteroatoms. The van der Waals surface area contributed by atoms with Crippen molar-refractivity contribution in [3.63, 3.8) is 0 Å². The van der Waals surface area contributed by atoms with E-state index in [1.807, 2.05) is 0 Å². The van der Waals surface area contributed by atoms with Crippen molar-refractivity contribution in [3.8, 4) is 11.5 Å². The molecule has 0 saturated heterocycles. The molecule has 2 atom stereocenters. The first kappa shape index (κ1) is 23.0. The van der Waals surface area contributed by atoms with Crippen molar-refractivity contribution >= 4 is 23.3 Å². The largest absolute Gasteiger partial charge is 0.522 e. The molecule has 1 aromatic carbocycles. The maximum absolute atomic E-state index is 12.8. The second-order valence-corrected chi connectivity index (χ2v) is 9.64. The molecule has 1 amide bonds. The molecule has 8 nitrogen and oxygen atoms in total. The zero-order valence-corrected chi connectivity index (χ0v) is 18.8. The van der Waals surface area contributed by atoms with Gasteiger partial charge in [-0.05, 0) is 44.4 Å². The smallest absolute Gasteiger partial charge is 0.485 e. The van der Waals surface area contributed by atoms with Gasteiger partial charge in [0.2, 0.25) is 0 Å². The van der Waals surface area contributed by atoms with Crippen LogP contribution < -0.4 is 14.8 Å². The van der Waals surface area contributed by atoms with E-state index in [4.69, 9.17) is 21.1 Å². The van der Waals surface area contributed by atoms with Gasteiger partial charge in [0, 0.05) is 10.6 Å². The fourth-order valence-electron chi connectivity index (χ4n) is 5.00. The van der Waals surface area contributed by atoms with Gasteiger partial charge in [0.1, 0.15) is 11.9 Å². The lowest BCUT2D eigenvalue weighted by Gasteiger charge is -2.70. The molecular weight excluding hydrogens is 479 g/mol. The minimum absolute atomic E-state index is 0.0590. The monoisotopic (exact) mass is 499 g/mol. The molecule has 3 fully saturated rings. The van der Waals surface area contributed by atoms with Crippen LogP contribution in [0.1, 0.15) is 43.0 Å². The Hall–Kier alpha value is -2.79. The van der Waals surface area contributed by atoms with Gasteiger partial charge in [-0.15, -0.1) is 13.2 Å². The number of Topliss-reactive ketones (excluding diaryl/α,β-unsaturated/α-hetero) is 1. The van der Waals surface area contributed by atoms with Gasteiger partial charge in [-0.25, -0.2) is 0 Å². The van der Waals surface area contributed by atoms with Crippen molar-refractivity contribution in [2.24, 2.45) is 0 Å². The summed E-state index contributed by atoms with van der Waals surface area (Å²) in [5.74, 6) is 0.143. The van der Waals surface area contributed by atoms with Crippen molar-refractivity contribution in [3.05, 3.63) is 41.2 Å². The second kappa shape index (κ2) is 7.88. The molecule has 2 aromatic rings. The number of halogens is 4. The average Bonchev–Trinajstić information content (AvgIpc) is 3.15. The maximum atomic E-state index is 12.8. The van der Waals surface area contributed by atoms with Crippen LogP contribution in [0.5, 0.6) is 11.5 Å². The Kier molecular flexibility index (Phi) is 5.32. The fourth-order valence-corrected chi connectivity index (χ4v) is 5.17. The number of fused-ring (bicyclic) bond motifs is 1. The van der Waals surface area contributed by atoms with Gasteiger partial charge < -0.3 is 14.8 Å². The lowest BCUT2D eigenvalue weighted by molar-refractivity contribution is -0.329. The van der Waals surface area contributed by atoms with Crippen molar-refractivity contribution < 1.29 is 37.0 Å². The van der Waals surface area contributed by atoms with E-state index in [-0.39, 0.29) is 29.2 Å². The summed E-state index contributed by atoms with van der Waals surface area (Å²) in [4.78, 5) is 25.2. The number of alkyl halides is 3. The normalized spacial score (nSPS) is 28.1. The van der Waals surface area contributed by atoms with Crippen molar-refractivity contribution in [2.45, 2.75) is 62.3 Å². The third kappa shape index (κ3) is 4.22. The Morgan fingerprint density at radius 3 is 2.82 bits per heavy atom. The number of carbonyl (C=O) groups excluding carboxylic acids is 2. The van der Waals surface area contributed by atoms with E-state index in [2.05, 4.69) is 15.2 Å². The number of carbonyl (C=O) groups is 2. The first-order chi connectivity index (χ1) is 16.0. The number of hydrogen-bond donors (Lipinski definition) is 1. The van der Waals surface area contributed by atoms with Crippen LogP contribution in [0.4, 0.5) is 13.2 Å². The Bertz CT molecular complexity index is 1130. The van der Waals surface area contributed by atoms with Crippen LogP contribution in [-0.4, -0.2) is 52.2 Å². The summed E-state index contributed by atoms with van der Waals surface area (Å²) >= 11 is 5.93. The molecule has 6 rings (SSSR count). The molecule has 1 aromatic heterocycles. The quantitative estimate of drug-likeness (QED) is 0.625. The zero-order valence-electron chi connectivity index (χ0n) is 18.0. The lowest BCUT2D eigenvalue weighted by Crippen LogP contribution is -2.79. The summed E-state index contributed by atoms with van der Waals surface area (Å²) in [5, 5.41) is 7.73. The number of rotatable bonds is 7. The molecule has 3 saturated carbocycles. The SMILES string of the molecule is C[C@H](COC(F)(F)F)Oc1cnn(C23CC(NC(=O)[C@H]4CC(=O)c5cc(Cl)ccc5O4)(C2)C3)c1. The number of hydrogen-bond acceptors (Lipinski definition) is 6. The van der Waals surface area contributed by atoms with Crippen molar-refractivity contribution in [1.29, 1.82) is 0 Å². The highest BCUT2D eigenvalue weighted by Gasteiger charge is 2.70. The van der Waals surface area contributed by atoms with Crippen LogP contribution in [0, 0.1) is 0 Å². The summed E-state index contributed by atoms with van der Waals surface area (Å²) in [6.45, 7) is 0.845. The predicted octanol–water partition coefficient (Wildman–Crippen LogP) is 3.62. The lowest BCUT2D eigenvalue weighted by atomic mass is 9.44. The highest BCUT2D eigenvalue weighted by molar-refractivity contribution is 6.31. The van der Waals surface area contributed by atoms with Gasteiger partial charge in [-0.2, -0.15) is 5.10 Å². The van der Waals surface area contributed by atoms with E-state index in [0.717, 1.165) is 0 Å². The molecule has 2 heterocycles. The van der Waals surface area contributed by atoms with Crippen LogP contribution in [0.15, 0.2) is 30.6 Å². The highest BCUT2D eigenvalue weighted by Crippen LogP contribution is 2.65. The molecule has 34 heavy (non-hydrogen) atoms. The number of ether oxygens (including phenoxy) is 3. The van der Waals surface area contributed by atoms with Crippen LogP contribution in [0.25, 0.3) is 0 Å². The Morgan fingerprint density at radius 2 is 2.12 bits per heavy atom. The molecule has 0 spiro atoms. The average molecular weight is 500 g/mol. The van der Waals surface area contributed by atoms with E-state index in [1.54, 1.807) is 23.0 Å². The number of nitrogens with one attached hydrogen (secondary N) is 1. The van der Waals surface area contributed by atoms with Crippen molar-refractivity contribution in [1.82, 2.24) is 15.1 Å². The highest BCUT2D eigenvalue weighted by atomic mass is 35.5. The van der Waals surface area contributed by atoms with Crippen LogP contribution in [-0.2, 0) is 15.1 Å². The van der Waals surface area contributed by atoms with Gasteiger partial charge >= 0.3 is 6.36 Å². The standard InChI is InChI=1S/C22H21ClF3N3O5/c1-12(8-32-22(24,25)26)33-14-6-27-29(7-14)21-9-20(10-21,11-21)28-19(31)18-5-16(30)15-4-13(23)2-3-17(15)34-18/h2-4,6-7,12,18H,5,8-11H2,1H3,(H,28,31)/t12-,18-,20?,21?/m1/s1. The molecule has 1 N–H and O–H groups in total.